The smallest absolute Gasteiger partial charge is 0.433 e. The van der Waals surface area contributed by atoms with E-state index < -0.39 is 45.7 Å². The molecule has 0 spiro atoms. The number of hydrogen-bond donors (Lipinski definition) is 3. The van der Waals surface area contributed by atoms with Crippen molar-refractivity contribution < 1.29 is 27.9 Å². The van der Waals surface area contributed by atoms with Gasteiger partial charge in [-0.05, 0) is 57.9 Å². The number of nitrogens with zero attached hydrogens (tertiary/aromatic N) is 5. The van der Waals surface area contributed by atoms with Gasteiger partial charge in [0.15, 0.2) is 0 Å². The lowest BCUT2D eigenvalue weighted by Gasteiger charge is -2.44. The zero-order valence-electron chi connectivity index (χ0n) is 21.3. The third-order valence-electron chi connectivity index (χ3n) is 6.64. The molecule has 3 heterocycles. The topological polar surface area (TPSA) is 132 Å². The van der Waals surface area contributed by atoms with Crippen LogP contribution in [0, 0.1) is 5.92 Å². The molecule has 1 unspecified atom stereocenters. The number of nitrogens with one attached hydrogen (secondary N) is 1. The maximum absolute atomic E-state index is 13.2. The fourth-order valence-corrected chi connectivity index (χ4v) is 5.18. The molecule has 0 aliphatic heterocycles. The molecule has 1 fully saturated rings. The second kappa shape index (κ2) is 9.82. The van der Waals surface area contributed by atoms with E-state index in [1.807, 2.05) is 0 Å². The van der Waals surface area contributed by atoms with Gasteiger partial charge >= 0.3 is 6.18 Å². The molecule has 1 aromatic carbocycles. The Morgan fingerprint density at radius 3 is 2.46 bits per heavy atom. The average Bonchev–Trinajstić information content (AvgIpc) is 3.29. The van der Waals surface area contributed by atoms with Crippen molar-refractivity contribution in [3.63, 3.8) is 0 Å². The molecule has 9 nitrogen and oxygen atoms in total. The minimum atomic E-state index is -4.63. The standard InChI is InChI=1S/C26H27F3N6O3S/c1-24(2,3)39(38)34-25(37,17-12-18(36)13-17)21-6-4-5-19(32-21)15-7-8-16-14-31-35(20(16)11-15)23-30-10-9-22(33-23)26(27,28)29/h4-11,14,17-18,34,36-37H,12-13H2,1-3H3/t17?,18?,25?,39-/m1/s1. The number of aliphatic hydroxyl groups excluding tert-OH is 1. The van der Waals surface area contributed by atoms with Crippen LogP contribution in [0.25, 0.3) is 28.1 Å². The van der Waals surface area contributed by atoms with Gasteiger partial charge in [-0.2, -0.15) is 23.0 Å². The number of benzene rings is 1. The molecule has 4 aromatic rings. The summed E-state index contributed by atoms with van der Waals surface area (Å²) in [6.45, 7) is 5.34. The van der Waals surface area contributed by atoms with Crippen molar-refractivity contribution in [3.8, 4) is 17.2 Å². The number of alkyl halides is 3. The summed E-state index contributed by atoms with van der Waals surface area (Å²) in [5.41, 5.74) is -1.07. The predicted octanol–water partition coefficient (Wildman–Crippen LogP) is 3.86. The number of hydrogen-bond acceptors (Lipinski definition) is 8. The molecule has 39 heavy (non-hydrogen) atoms. The quantitative estimate of drug-likeness (QED) is 0.239. The Hall–Kier alpha value is -3.10. The van der Waals surface area contributed by atoms with Gasteiger partial charge in [-0.15, -0.1) is 4.72 Å². The molecule has 1 aliphatic rings. The summed E-state index contributed by atoms with van der Waals surface area (Å²) in [6.07, 6.45) is -2.03. The van der Waals surface area contributed by atoms with Crippen LogP contribution in [0.4, 0.5) is 13.2 Å². The Morgan fingerprint density at radius 2 is 1.79 bits per heavy atom. The summed E-state index contributed by atoms with van der Waals surface area (Å²) in [6, 6.07) is 11.1. The van der Waals surface area contributed by atoms with Crippen molar-refractivity contribution in [1.82, 2.24) is 29.5 Å². The Labute approximate surface area is 225 Å². The van der Waals surface area contributed by atoms with Gasteiger partial charge in [-0.25, -0.2) is 15.0 Å². The molecule has 1 saturated carbocycles. The molecule has 0 bridgehead atoms. The summed E-state index contributed by atoms with van der Waals surface area (Å²) >= 11 is -1.63. The summed E-state index contributed by atoms with van der Waals surface area (Å²) in [5, 5.41) is 26.5. The zero-order valence-corrected chi connectivity index (χ0v) is 22.2. The molecular weight excluding hydrogens is 533 g/mol. The highest BCUT2D eigenvalue weighted by atomic mass is 32.2. The maximum atomic E-state index is 13.2. The number of aliphatic hydroxyl groups is 2. The maximum Gasteiger partial charge on any atom is 0.433 e. The van der Waals surface area contributed by atoms with Crippen LogP contribution in [0.15, 0.2) is 54.9 Å². The minimum absolute atomic E-state index is 0.231. The van der Waals surface area contributed by atoms with Crippen LogP contribution in [0.2, 0.25) is 0 Å². The number of rotatable bonds is 6. The van der Waals surface area contributed by atoms with Gasteiger partial charge in [0.2, 0.25) is 5.72 Å². The minimum Gasteiger partial charge on any atom is -0.598 e. The first kappa shape index (κ1) is 27.5. The summed E-state index contributed by atoms with van der Waals surface area (Å²) in [4.78, 5) is 12.3. The summed E-state index contributed by atoms with van der Waals surface area (Å²) in [5.74, 6) is -0.644. The van der Waals surface area contributed by atoms with Crippen molar-refractivity contribution in [2.24, 2.45) is 5.92 Å². The molecule has 1 aliphatic carbocycles. The molecule has 206 valence electrons. The first-order valence-corrected chi connectivity index (χ1v) is 13.4. The fraction of sp³-hybridized carbons (Fsp3) is 0.385. The number of pyridine rings is 1. The molecule has 5 rings (SSSR count). The van der Waals surface area contributed by atoms with Crippen LogP contribution in [0.5, 0.6) is 0 Å². The van der Waals surface area contributed by atoms with Crippen LogP contribution in [-0.2, 0) is 23.3 Å². The van der Waals surface area contributed by atoms with Crippen LogP contribution < -0.4 is 4.72 Å². The molecular formula is C26H27F3N6O3S. The van der Waals surface area contributed by atoms with Crippen molar-refractivity contribution in [2.75, 3.05) is 0 Å². The lowest BCUT2D eigenvalue weighted by atomic mass is 9.74. The summed E-state index contributed by atoms with van der Waals surface area (Å²) < 4.78 is 56.0. The highest BCUT2D eigenvalue weighted by Crippen LogP contribution is 2.42. The second-order valence-corrected chi connectivity index (χ2v) is 12.5. The zero-order chi connectivity index (χ0) is 28.2. The van der Waals surface area contributed by atoms with Gasteiger partial charge in [0.05, 0.1) is 29.2 Å². The third-order valence-corrected chi connectivity index (χ3v) is 8.25. The second-order valence-electron chi connectivity index (χ2n) is 10.5. The Kier molecular flexibility index (Phi) is 6.92. The van der Waals surface area contributed by atoms with E-state index in [-0.39, 0.29) is 11.6 Å². The lowest BCUT2D eigenvalue weighted by Crippen LogP contribution is -2.59. The predicted molar refractivity (Wildman–Crippen MR) is 139 cm³/mol. The average molecular weight is 561 g/mol. The molecule has 0 radical (unpaired) electrons. The molecule has 3 N–H and O–H groups in total. The molecule has 3 aromatic heterocycles. The Morgan fingerprint density at radius 1 is 1.05 bits per heavy atom. The normalized spacial score (nSPS) is 20.4. The molecule has 2 atom stereocenters. The van der Waals surface area contributed by atoms with Gasteiger partial charge in [-0.1, -0.05) is 18.2 Å². The molecule has 0 amide bonds. The molecule has 0 saturated heterocycles. The van der Waals surface area contributed by atoms with E-state index in [2.05, 4.69) is 24.8 Å². The monoisotopic (exact) mass is 560 g/mol. The van der Waals surface area contributed by atoms with Crippen molar-refractivity contribution in [3.05, 3.63) is 66.2 Å². The van der Waals surface area contributed by atoms with Gasteiger partial charge in [0.25, 0.3) is 5.95 Å². The highest BCUT2D eigenvalue weighted by Gasteiger charge is 2.51. The Balaban J connectivity index is 1.54. The number of fused-ring (bicyclic) bond motifs is 1. The van der Waals surface area contributed by atoms with Gasteiger partial charge < -0.3 is 14.8 Å². The molecule has 13 heteroatoms. The van der Waals surface area contributed by atoms with Crippen molar-refractivity contribution in [1.29, 1.82) is 0 Å². The first-order valence-electron chi connectivity index (χ1n) is 12.2. The van der Waals surface area contributed by atoms with E-state index in [0.717, 1.165) is 12.3 Å². The first-order chi connectivity index (χ1) is 18.3. The summed E-state index contributed by atoms with van der Waals surface area (Å²) in [7, 11) is 0. The van der Waals surface area contributed by atoms with Gasteiger partial charge in [-0.3, -0.25) is 0 Å². The van der Waals surface area contributed by atoms with E-state index in [0.29, 0.717) is 35.0 Å². The largest absolute Gasteiger partial charge is 0.598 e. The fourth-order valence-electron chi connectivity index (χ4n) is 4.32. The van der Waals surface area contributed by atoms with Gasteiger partial charge in [0.1, 0.15) is 10.4 Å². The van der Waals surface area contributed by atoms with Crippen molar-refractivity contribution in [2.45, 2.75) is 56.4 Å². The van der Waals surface area contributed by atoms with E-state index in [1.54, 1.807) is 57.2 Å². The van der Waals surface area contributed by atoms with E-state index in [9.17, 15) is 27.9 Å². The van der Waals surface area contributed by atoms with Crippen LogP contribution in [-0.4, -0.2) is 50.3 Å². The van der Waals surface area contributed by atoms with E-state index >= 15 is 0 Å². The SMILES string of the molecule is CC(C)(C)[S@@+]([O-])NC(O)(c1cccc(-c2ccc3cnn(-c4nccc(C(F)(F)F)n4)c3c2)n1)C1CC(O)C1. The van der Waals surface area contributed by atoms with Crippen molar-refractivity contribution >= 4 is 22.3 Å². The van der Waals surface area contributed by atoms with Crippen LogP contribution in [0.3, 0.4) is 0 Å². The van der Waals surface area contributed by atoms with Gasteiger partial charge in [0, 0.05) is 34.4 Å². The number of halogens is 3. The lowest BCUT2D eigenvalue weighted by molar-refractivity contribution is -0.141. The van der Waals surface area contributed by atoms with E-state index in [1.165, 1.54) is 10.9 Å². The third kappa shape index (κ3) is 5.37. The van der Waals surface area contributed by atoms with E-state index in [4.69, 9.17) is 0 Å². The van der Waals surface area contributed by atoms with Crippen LogP contribution in [0.1, 0.15) is 45.0 Å². The van der Waals surface area contributed by atoms with Crippen LogP contribution >= 0.6 is 0 Å². The Bertz CT molecular complexity index is 1500. The number of aromatic nitrogens is 5. The highest BCUT2D eigenvalue weighted by molar-refractivity contribution is 7.90.